The van der Waals surface area contributed by atoms with Gasteiger partial charge in [0.15, 0.2) is 0 Å². The molecule has 1 aromatic carbocycles. The lowest BCUT2D eigenvalue weighted by Gasteiger charge is -2.24. The lowest BCUT2D eigenvalue weighted by molar-refractivity contribution is 0.674. The molecule has 1 fully saturated rings. The van der Waals surface area contributed by atoms with Gasteiger partial charge >= 0.3 is 0 Å². The summed E-state index contributed by atoms with van der Waals surface area (Å²) in [6.45, 7) is 0.979. The van der Waals surface area contributed by atoms with Crippen LogP contribution in [0.15, 0.2) is 28.9 Å². The predicted octanol–water partition coefficient (Wildman–Crippen LogP) is 3.17. The first-order chi connectivity index (χ1) is 8.33. The topological polar surface area (TPSA) is 37.8 Å². The molecule has 0 bridgehead atoms. The largest absolute Gasteiger partial charge is 0.354 e. The van der Waals surface area contributed by atoms with E-state index < -0.39 is 0 Å². The van der Waals surface area contributed by atoms with Gasteiger partial charge in [-0.15, -0.1) is 0 Å². The standard InChI is InChI=1S/C12H12BrN3S/c13-10-2-1-3-11-9(10)5-15-12(16-11)14-4-8-6-17-7-8/h1-3,5,8H,4,6-7H2,(H,14,15,16). The molecule has 0 amide bonds. The monoisotopic (exact) mass is 309 g/mol. The number of hydrogen-bond donors (Lipinski definition) is 1. The van der Waals surface area contributed by atoms with E-state index in [-0.39, 0.29) is 0 Å². The van der Waals surface area contributed by atoms with Gasteiger partial charge in [-0.2, -0.15) is 11.8 Å². The molecule has 0 aliphatic carbocycles. The van der Waals surface area contributed by atoms with Gasteiger partial charge in [-0.3, -0.25) is 0 Å². The van der Waals surface area contributed by atoms with Crippen molar-refractivity contribution in [3.8, 4) is 0 Å². The lowest BCUT2D eigenvalue weighted by atomic mass is 10.2. The summed E-state index contributed by atoms with van der Waals surface area (Å²) in [6.07, 6.45) is 1.87. The number of fused-ring (bicyclic) bond motifs is 1. The van der Waals surface area contributed by atoms with Crippen molar-refractivity contribution in [2.75, 3.05) is 23.4 Å². The van der Waals surface area contributed by atoms with E-state index in [0.717, 1.165) is 33.8 Å². The molecule has 1 aliphatic rings. The van der Waals surface area contributed by atoms with Crippen LogP contribution in [0.5, 0.6) is 0 Å². The van der Waals surface area contributed by atoms with Crippen LogP contribution in [0.1, 0.15) is 0 Å². The Labute approximate surface area is 113 Å². The Morgan fingerprint density at radius 1 is 1.41 bits per heavy atom. The summed E-state index contributed by atoms with van der Waals surface area (Å²) in [5, 5.41) is 4.36. The van der Waals surface area contributed by atoms with Crippen molar-refractivity contribution in [2.24, 2.45) is 5.92 Å². The first-order valence-corrected chi connectivity index (χ1v) is 7.50. The summed E-state index contributed by atoms with van der Waals surface area (Å²) < 4.78 is 1.04. The molecule has 0 saturated carbocycles. The molecule has 1 aliphatic heterocycles. The van der Waals surface area contributed by atoms with Crippen molar-refractivity contribution in [2.45, 2.75) is 0 Å². The maximum Gasteiger partial charge on any atom is 0.223 e. The van der Waals surface area contributed by atoms with Crippen LogP contribution in [0, 0.1) is 5.92 Å². The zero-order chi connectivity index (χ0) is 11.7. The van der Waals surface area contributed by atoms with Gasteiger partial charge in [0.25, 0.3) is 0 Å². The number of thioether (sulfide) groups is 1. The molecule has 5 heteroatoms. The molecule has 88 valence electrons. The van der Waals surface area contributed by atoms with Gasteiger partial charge in [-0.05, 0) is 29.6 Å². The highest BCUT2D eigenvalue weighted by Crippen LogP contribution is 2.25. The summed E-state index contributed by atoms with van der Waals surface area (Å²) in [5.41, 5.74) is 0.972. The van der Waals surface area contributed by atoms with Gasteiger partial charge in [0.2, 0.25) is 5.95 Å². The zero-order valence-electron chi connectivity index (χ0n) is 9.19. The number of nitrogens with one attached hydrogen (secondary N) is 1. The molecule has 3 nitrogen and oxygen atoms in total. The van der Waals surface area contributed by atoms with Crippen LogP contribution in [-0.2, 0) is 0 Å². The maximum atomic E-state index is 4.51. The van der Waals surface area contributed by atoms with Crippen molar-refractivity contribution < 1.29 is 0 Å². The van der Waals surface area contributed by atoms with E-state index in [1.54, 1.807) is 0 Å². The second kappa shape index (κ2) is 4.82. The highest BCUT2D eigenvalue weighted by atomic mass is 79.9. The van der Waals surface area contributed by atoms with Crippen molar-refractivity contribution >= 4 is 44.5 Å². The summed E-state index contributed by atoms with van der Waals surface area (Å²) >= 11 is 5.50. The van der Waals surface area contributed by atoms with Crippen molar-refractivity contribution in [3.05, 3.63) is 28.9 Å². The normalized spacial score (nSPS) is 15.8. The fourth-order valence-corrected chi connectivity index (χ4v) is 3.01. The van der Waals surface area contributed by atoms with Gasteiger partial charge in [0, 0.05) is 22.6 Å². The van der Waals surface area contributed by atoms with E-state index in [2.05, 4.69) is 31.2 Å². The number of anilines is 1. The Bertz CT molecular complexity index is 542. The van der Waals surface area contributed by atoms with Gasteiger partial charge in [0.1, 0.15) is 0 Å². The number of rotatable bonds is 3. The Morgan fingerprint density at radius 2 is 2.29 bits per heavy atom. The van der Waals surface area contributed by atoms with Gasteiger partial charge < -0.3 is 5.32 Å². The van der Waals surface area contributed by atoms with E-state index in [1.807, 2.05) is 36.2 Å². The number of nitrogens with zero attached hydrogens (tertiary/aromatic N) is 2. The molecular weight excluding hydrogens is 298 g/mol. The smallest absolute Gasteiger partial charge is 0.223 e. The van der Waals surface area contributed by atoms with E-state index in [0.29, 0.717) is 0 Å². The fourth-order valence-electron chi connectivity index (χ4n) is 1.74. The van der Waals surface area contributed by atoms with Gasteiger partial charge in [0.05, 0.1) is 5.52 Å². The minimum absolute atomic E-state index is 0.729. The highest BCUT2D eigenvalue weighted by Gasteiger charge is 2.17. The average Bonchev–Trinajstić information content (AvgIpc) is 2.27. The summed E-state index contributed by atoms with van der Waals surface area (Å²) in [6, 6.07) is 6.00. The second-order valence-electron chi connectivity index (χ2n) is 4.15. The molecule has 1 N–H and O–H groups in total. The minimum atomic E-state index is 0.729. The molecule has 2 aromatic rings. The fraction of sp³-hybridized carbons (Fsp3) is 0.333. The van der Waals surface area contributed by atoms with Crippen LogP contribution in [0.3, 0.4) is 0 Å². The van der Waals surface area contributed by atoms with Crippen LogP contribution in [0.4, 0.5) is 5.95 Å². The molecule has 0 radical (unpaired) electrons. The number of hydrogen-bond acceptors (Lipinski definition) is 4. The molecule has 0 atom stereocenters. The Hall–Kier alpha value is -0.810. The third-order valence-electron chi connectivity index (χ3n) is 2.83. The summed E-state index contributed by atoms with van der Waals surface area (Å²) in [4.78, 5) is 8.85. The summed E-state index contributed by atoms with van der Waals surface area (Å²) in [5.74, 6) is 4.02. The average molecular weight is 310 g/mol. The Balaban J connectivity index is 1.81. The molecule has 1 saturated heterocycles. The predicted molar refractivity (Wildman–Crippen MR) is 76.5 cm³/mol. The number of aromatic nitrogens is 2. The third kappa shape index (κ3) is 2.40. The Morgan fingerprint density at radius 3 is 3.06 bits per heavy atom. The van der Waals surface area contributed by atoms with Crippen LogP contribution in [0.2, 0.25) is 0 Å². The second-order valence-corrected chi connectivity index (χ2v) is 6.08. The van der Waals surface area contributed by atoms with Crippen molar-refractivity contribution in [1.82, 2.24) is 9.97 Å². The van der Waals surface area contributed by atoms with Crippen molar-refractivity contribution in [3.63, 3.8) is 0 Å². The van der Waals surface area contributed by atoms with Gasteiger partial charge in [-0.25, -0.2) is 9.97 Å². The number of halogens is 1. The zero-order valence-corrected chi connectivity index (χ0v) is 11.6. The van der Waals surface area contributed by atoms with E-state index >= 15 is 0 Å². The molecule has 1 aromatic heterocycles. The van der Waals surface area contributed by atoms with Crippen LogP contribution in [0.25, 0.3) is 10.9 Å². The number of benzene rings is 1. The maximum absolute atomic E-state index is 4.51. The SMILES string of the molecule is Brc1cccc2nc(NCC3CSC3)ncc12. The van der Waals surface area contributed by atoms with Crippen LogP contribution in [-0.4, -0.2) is 28.0 Å². The van der Waals surface area contributed by atoms with E-state index in [9.17, 15) is 0 Å². The Kier molecular flexibility index (Phi) is 3.20. The van der Waals surface area contributed by atoms with E-state index in [1.165, 1.54) is 11.5 Å². The van der Waals surface area contributed by atoms with Crippen molar-refractivity contribution in [1.29, 1.82) is 0 Å². The molecular formula is C12H12BrN3S. The van der Waals surface area contributed by atoms with Crippen LogP contribution < -0.4 is 5.32 Å². The minimum Gasteiger partial charge on any atom is -0.354 e. The molecule has 0 unspecified atom stereocenters. The third-order valence-corrected chi connectivity index (χ3v) is 4.93. The van der Waals surface area contributed by atoms with E-state index in [4.69, 9.17) is 0 Å². The highest BCUT2D eigenvalue weighted by molar-refractivity contribution is 9.10. The molecule has 3 rings (SSSR count). The lowest BCUT2D eigenvalue weighted by Crippen LogP contribution is -2.26. The summed E-state index contributed by atoms with van der Waals surface area (Å²) in [7, 11) is 0. The first-order valence-electron chi connectivity index (χ1n) is 5.56. The van der Waals surface area contributed by atoms with Crippen LogP contribution >= 0.6 is 27.7 Å². The molecule has 17 heavy (non-hydrogen) atoms. The first kappa shape index (κ1) is 11.3. The molecule has 2 heterocycles. The molecule has 0 spiro atoms. The quantitative estimate of drug-likeness (QED) is 0.945. The van der Waals surface area contributed by atoms with Gasteiger partial charge in [-0.1, -0.05) is 22.0 Å².